The molecular weight excluding hydrogens is 486 g/mol. The van der Waals surface area contributed by atoms with Crippen molar-refractivity contribution in [3.63, 3.8) is 0 Å². The maximum absolute atomic E-state index is 13.1. The fourth-order valence-corrected chi connectivity index (χ4v) is 5.61. The minimum atomic E-state index is -0.487. The topological polar surface area (TPSA) is 60.9 Å². The lowest BCUT2D eigenvalue weighted by molar-refractivity contribution is -0.143. The molecule has 2 saturated heterocycles. The molecule has 3 amide bonds. The molecule has 39 heavy (non-hydrogen) atoms. The van der Waals surface area contributed by atoms with Crippen LogP contribution in [0.1, 0.15) is 49.8 Å². The third-order valence-corrected chi connectivity index (χ3v) is 7.92. The van der Waals surface area contributed by atoms with Gasteiger partial charge in [-0.3, -0.25) is 19.3 Å². The number of benzene rings is 3. The van der Waals surface area contributed by atoms with E-state index < -0.39 is 6.04 Å². The van der Waals surface area contributed by atoms with Gasteiger partial charge in [-0.05, 0) is 80.5 Å². The van der Waals surface area contributed by atoms with E-state index in [0.717, 1.165) is 54.6 Å². The van der Waals surface area contributed by atoms with E-state index in [4.69, 9.17) is 0 Å². The predicted octanol–water partition coefficient (Wildman–Crippen LogP) is 5.57. The second-order valence-corrected chi connectivity index (χ2v) is 10.5. The van der Waals surface area contributed by atoms with Gasteiger partial charge in [-0.15, -0.1) is 0 Å². The molecule has 2 heterocycles. The van der Waals surface area contributed by atoms with E-state index in [1.807, 2.05) is 85.8 Å². The number of carbonyl (C=O) groups excluding carboxylic acids is 3. The van der Waals surface area contributed by atoms with Crippen molar-refractivity contribution in [3.05, 3.63) is 95.6 Å². The van der Waals surface area contributed by atoms with Crippen molar-refractivity contribution >= 4 is 41.8 Å². The van der Waals surface area contributed by atoms with E-state index >= 15 is 0 Å². The normalized spacial score (nSPS) is 19.8. The minimum Gasteiger partial charge on any atom is -0.329 e. The second-order valence-electron chi connectivity index (χ2n) is 10.5. The zero-order valence-corrected chi connectivity index (χ0v) is 22.6. The highest BCUT2D eigenvalue weighted by molar-refractivity contribution is 6.08. The summed E-state index contributed by atoms with van der Waals surface area (Å²) in [5.74, 6) is 0.0463. The first-order chi connectivity index (χ1) is 19.0. The van der Waals surface area contributed by atoms with Crippen molar-refractivity contribution in [2.45, 2.75) is 57.7 Å². The van der Waals surface area contributed by atoms with Crippen LogP contribution in [0.5, 0.6) is 0 Å². The molecule has 200 valence electrons. The Hall–Kier alpha value is -4.19. The summed E-state index contributed by atoms with van der Waals surface area (Å²) in [4.78, 5) is 42.9. The number of nitrogens with zero attached hydrogens (tertiary/aromatic N) is 3. The molecule has 6 heteroatoms. The van der Waals surface area contributed by atoms with E-state index in [1.54, 1.807) is 14.7 Å². The number of rotatable bonds is 9. The molecular formula is C33H35N3O3. The van der Waals surface area contributed by atoms with Crippen molar-refractivity contribution in [1.29, 1.82) is 0 Å². The zero-order valence-electron chi connectivity index (χ0n) is 22.6. The quantitative estimate of drug-likeness (QED) is 0.273. The van der Waals surface area contributed by atoms with Crippen molar-refractivity contribution in [3.8, 4) is 0 Å². The highest BCUT2D eigenvalue weighted by Crippen LogP contribution is 2.31. The SMILES string of the molecule is CC(CCc1ccccc1)N(C=O)c1ccc(/C=C/c2ccc(N3C(=O)[C@@H]4CCCN4C(=O)C3C)cc2)cc1. The van der Waals surface area contributed by atoms with Crippen molar-refractivity contribution in [2.75, 3.05) is 16.3 Å². The maximum atomic E-state index is 13.1. The number of hydrogen-bond donors (Lipinski definition) is 0. The van der Waals surface area contributed by atoms with Gasteiger partial charge in [-0.2, -0.15) is 0 Å². The number of fused-ring (bicyclic) bond motifs is 1. The van der Waals surface area contributed by atoms with E-state index in [1.165, 1.54) is 5.56 Å². The molecule has 0 saturated carbocycles. The number of hydrogen-bond acceptors (Lipinski definition) is 3. The van der Waals surface area contributed by atoms with Crippen molar-refractivity contribution < 1.29 is 14.4 Å². The summed E-state index contributed by atoms with van der Waals surface area (Å²) in [6.07, 6.45) is 8.38. The summed E-state index contributed by atoms with van der Waals surface area (Å²) in [6.45, 7) is 4.56. The summed E-state index contributed by atoms with van der Waals surface area (Å²) in [5, 5.41) is 0. The molecule has 3 atom stereocenters. The molecule has 3 aromatic rings. The standard InChI is InChI=1S/C33H35N3O3/c1-24(10-11-26-7-4-3-5-8-26)35(23-37)29-18-14-27(15-19-29)12-13-28-16-20-30(21-17-28)36-25(2)32(38)34-22-6-9-31(34)33(36)39/h3-5,7-8,12-21,23-25,31H,6,9-11,22H2,1-2H3/b13-12+/t24?,25?,31-/m0/s1. The van der Waals surface area contributed by atoms with Gasteiger partial charge < -0.3 is 9.80 Å². The van der Waals surface area contributed by atoms with Gasteiger partial charge >= 0.3 is 0 Å². The minimum absolute atomic E-state index is 0.0155. The molecule has 0 aliphatic carbocycles. The molecule has 0 bridgehead atoms. The highest BCUT2D eigenvalue weighted by atomic mass is 16.2. The number of aryl methyl sites for hydroxylation is 1. The van der Waals surface area contributed by atoms with Gasteiger partial charge in [0.25, 0.3) is 5.91 Å². The Morgan fingerprint density at radius 1 is 0.897 bits per heavy atom. The summed E-state index contributed by atoms with van der Waals surface area (Å²) in [5.41, 5.74) is 4.93. The Morgan fingerprint density at radius 3 is 2.18 bits per heavy atom. The molecule has 0 aromatic heterocycles. The Morgan fingerprint density at radius 2 is 1.54 bits per heavy atom. The number of carbonyl (C=O) groups is 3. The zero-order chi connectivity index (χ0) is 27.4. The fourth-order valence-electron chi connectivity index (χ4n) is 5.61. The lowest BCUT2D eigenvalue weighted by atomic mass is 10.0. The summed E-state index contributed by atoms with van der Waals surface area (Å²) < 4.78 is 0. The van der Waals surface area contributed by atoms with Gasteiger partial charge in [0.05, 0.1) is 0 Å². The van der Waals surface area contributed by atoms with Crippen LogP contribution < -0.4 is 9.80 Å². The van der Waals surface area contributed by atoms with E-state index in [-0.39, 0.29) is 23.9 Å². The molecule has 0 radical (unpaired) electrons. The van der Waals surface area contributed by atoms with Crippen molar-refractivity contribution in [1.82, 2.24) is 4.90 Å². The van der Waals surface area contributed by atoms with Crippen LogP contribution >= 0.6 is 0 Å². The molecule has 5 rings (SSSR count). The lowest BCUT2D eigenvalue weighted by Gasteiger charge is -2.40. The Labute approximate surface area is 230 Å². The first-order valence-corrected chi connectivity index (χ1v) is 13.8. The van der Waals surface area contributed by atoms with Crippen LogP contribution in [0.2, 0.25) is 0 Å². The maximum Gasteiger partial charge on any atom is 0.250 e. The second kappa shape index (κ2) is 11.7. The van der Waals surface area contributed by atoms with Crippen LogP contribution in [-0.4, -0.2) is 47.8 Å². The average Bonchev–Trinajstić information content (AvgIpc) is 3.47. The van der Waals surface area contributed by atoms with Gasteiger partial charge in [-0.1, -0.05) is 66.7 Å². The fraction of sp³-hybridized carbons (Fsp3) is 0.303. The van der Waals surface area contributed by atoms with Gasteiger partial charge in [0.2, 0.25) is 12.3 Å². The Kier molecular flexibility index (Phi) is 7.92. The molecule has 0 spiro atoms. The van der Waals surface area contributed by atoms with E-state index in [2.05, 4.69) is 19.1 Å². The van der Waals surface area contributed by atoms with Crippen LogP contribution in [0, 0.1) is 0 Å². The summed E-state index contributed by atoms with van der Waals surface area (Å²) in [7, 11) is 0. The van der Waals surface area contributed by atoms with E-state index in [0.29, 0.717) is 6.54 Å². The molecule has 2 aliphatic rings. The third-order valence-electron chi connectivity index (χ3n) is 7.92. The largest absolute Gasteiger partial charge is 0.329 e. The lowest BCUT2D eigenvalue weighted by Crippen LogP contribution is -2.62. The average molecular weight is 522 g/mol. The summed E-state index contributed by atoms with van der Waals surface area (Å²) in [6, 6.07) is 25.3. The molecule has 0 N–H and O–H groups in total. The van der Waals surface area contributed by atoms with E-state index in [9.17, 15) is 14.4 Å². The van der Waals surface area contributed by atoms with Crippen molar-refractivity contribution in [2.24, 2.45) is 0 Å². The number of amides is 3. The first kappa shape index (κ1) is 26.4. The van der Waals surface area contributed by atoms with Crippen LogP contribution in [-0.2, 0) is 20.8 Å². The number of anilines is 2. The highest BCUT2D eigenvalue weighted by Gasteiger charge is 2.46. The smallest absolute Gasteiger partial charge is 0.250 e. The number of piperazine rings is 1. The first-order valence-electron chi connectivity index (χ1n) is 13.8. The van der Waals surface area contributed by atoms with Gasteiger partial charge in [0, 0.05) is 24.0 Å². The molecule has 2 unspecified atom stereocenters. The third kappa shape index (κ3) is 5.65. The van der Waals surface area contributed by atoms with Gasteiger partial charge in [0.15, 0.2) is 0 Å². The molecule has 2 aliphatic heterocycles. The monoisotopic (exact) mass is 521 g/mol. The van der Waals surface area contributed by atoms with Gasteiger partial charge in [-0.25, -0.2) is 0 Å². The molecule has 2 fully saturated rings. The van der Waals surface area contributed by atoms with Gasteiger partial charge in [0.1, 0.15) is 12.1 Å². The van der Waals surface area contributed by atoms with Crippen LogP contribution in [0.25, 0.3) is 12.2 Å². The van der Waals surface area contributed by atoms with Crippen LogP contribution in [0.4, 0.5) is 11.4 Å². The van der Waals surface area contributed by atoms with Crippen LogP contribution in [0.15, 0.2) is 78.9 Å². The summed E-state index contributed by atoms with van der Waals surface area (Å²) >= 11 is 0. The Balaban J connectivity index is 1.21. The predicted molar refractivity (Wildman–Crippen MR) is 156 cm³/mol. The Bertz CT molecular complexity index is 1330. The molecule has 3 aromatic carbocycles. The van der Waals surface area contributed by atoms with Crippen LogP contribution in [0.3, 0.4) is 0 Å². The molecule has 6 nitrogen and oxygen atoms in total.